The predicted octanol–water partition coefficient (Wildman–Crippen LogP) is 0.570. The van der Waals surface area contributed by atoms with Gasteiger partial charge in [-0.2, -0.15) is 0 Å². The van der Waals surface area contributed by atoms with E-state index in [1.54, 1.807) is 0 Å². The number of hydrogen-bond acceptors (Lipinski definition) is 3. The first-order valence-corrected chi connectivity index (χ1v) is 6.31. The first kappa shape index (κ1) is 13.5. The first-order valence-electron chi connectivity index (χ1n) is 6.31. The summed E-state index contributed by atoms with van der Waals surface area (Å²) in [6.07, 6.45) is 2.44. The Bertz CT molecular complexity index is 232. The molecule has 3 N–H and O–H groups in total. The lowest BCUT2D eigenvalue weighted by Crippen LogP contribution is -2.52. The molecule has 1 heterocycles. The minimum atomic E-state index is -0.243. The summed E-state index contributed by atoms with van der Waals surface area (Å²) in [4.78, 5) is 13.6. The van der Waals surface area contributed by atoms with Gasteiger partial charge in [0.15, 0.2) is 0 Å². The fourth-order valence-electron chi connectivity index (χ4n) is 2.46. The number of piperidine rings is 1. The average Bonchev–Trinajstić information content (AvgIpc) is 2.20. The van der Waals surface area contributed by atoms with E-state index in [1.807, 2.05) is 6.92 Å². The fourth-order valence-corrected chi connectivity index (χ4v) is 2.46. The molecule has 0 aliphatic carbocycles. The lowest BCUT2D eigenvalue weighted by atomic mass is 9.93. The Balaban J connectivity index is 2.47. The van der Waals surface area contributed by atoms with Gasteiger partial charge in [0.1, 0.15) is 0 Å². The van der Waals surface area contributed by atoms with Gasteiger partial charge in [-0.15, -0.1) is 0 Å². The molecule has 0 bridgehead atoms. The zero-order valence-corrected chi connectivity index (χ0v) is 10.7. The van der Waals surface area contributed by atoms with Crippen LogP contribution in [0.4, 0.5) is 0 Å². The smallest absolute Gasteiger partial charge is 0.235 e. The highest BCUT2D eigenvalue weighted by molar-refractivity contribution is 5.80. The van der Waals surface area contributed by atoms with Gasteiger partial charge in [0, 0.05) is 12.6 Å². The summed E-state index contributed by atoms with van der Waals surface area (Å²) >= 11 is 0. The highest BCUT2D eigenvalue weighted by Gasteiger charge is 2.26. The molecule has 3 unspecified atom stereocenters. The molecule has 16 heavy (non-hydrogen) atoms. The standard InChI is InChI=1S/C12H25N3O/c1-4-14-11(12(13)16)8-15-6-5-9(2)7-10(15)3/h9-11,14H,4-8H2,1-3H3,(H2,13,16). The maximum Gasteiger partial charge on any atom is 0.235 e. The van der Waals surface area contributed by atoms with Crippen LogP contribution in [-0.4, -0.2) is 42.5 Å². The Morgan fingerprint density at radius 1 is 1.56 bits per heavy atom. The predicted molar refractivity (Wildman–Crippen MR) is 66.1 cm³/mol. The highest BCUT2D eigenvalue weighted by atomic mass is 16.1. The number of rotatable bonds is 5. The largest absolute Gasteiger partial charge is 0.368 e. The third-order valence-electron chi connectivity index (χ3n) is 3.49. The van der Waals surface area contributed by atoms with Crippen molar-refractivity contribution in [3.05, 3.63) is 0 Å². The van der Waals surface area contributed by atoms with Gasteiger partial charge in [0.2, 0.25) is 5.91 Å². The van der Waals surface area contributed by atoms with Crippen LogP contribution < -0.4 is 11.1 Å². The van der Waals surface area contributed by atoms with Crippen LogP contribution in [0.15, 0.2) is 0 Å². The third kappa shape index (κ3) is 3.76. The SMILES string of the molecule is CCNC(CN1CCC(C)CC1C)C(N)=O. The zero-order valence-electron chi connectivity index (χ0n) is 10.7. The summed E-state index contributed by atoms with van der Waals surface area (Å²) in [6, 6.07) is 0.352. The van der Waals surface area contributed by atoms with E-state index in [0.29, 0.717) is 6.04 Å². The van der Waals surface area contributed by atoms with Crippen LogP contribution in [-0.2, 0) is 4.79 Å². The van der Waals surface area contributed by atoms with Crippen LogP contribution >= 0.6 is 0 Å². The molecule has 0 aromatic carbocycles. The van der Waals surface area contributed by atoms with Crippen LogP contribution in [0.25, 0.3) is 0 Å². The summed E-state index contributed by atoms with van der Waals surface area (Å²) in [7, 11) is 0. The van der Waals surface area contributed by atoms with Gasteiger partial charge < -0.3 is 11.1 Å². The second kappa shape index (κ2) is 6.21. The van der Waals surface area contributed by atoms with Crippen molar-refractivity contribution in [1.82, 2.24) is 10.2 Å². The Morgan fingerprint density at radius 2 is 2.25 bits per heavy atom. The molecule has 94 valence electrons. The summed E-state index contributed by atoms with van der Waals surface area (Å²) in [5, 5.41) is 3.14. The molecule has 0 aromatic heterocycles. The molecule has 4 heteroatoms. The molecule has 0 aromatic rings. The number of carbonyl (C=O) groups excluding carboxylic acids is 1. The molecule has 1 rings (SSSR count). The number of nitrogens with two attached hydrogens (primary N) is 1. The van der Waals surface area contributed by atoms with Crippen molar-refractivity contribution in [3.8, 4) is 0 Å². The Morgan fingerprint density at radius 3 is 2.75 bits per heavy atom. The molecule has 1 saturated heterocycles. The Hall–Kier alpha value is -0.610. The number of nitrogens with one attached hydrogen (secondary N) is 1. The van der Waals surface area contributed by atoms with Crippen LogP contribution in [0.2, 0.25) is 0 Å². The molecule has 1 fully saturated rings. The molecule has 3 atom stereocenters. The number of carbonyl (C=O) groups is 1. The second-order valence-electron chi connectivity index (χ2n) is 4.99. The van der Waals surface area contributed by atoms with Crippen molar-refractivity contribution in [3.63, 3.8) is 0 Å². The third-order valence-corrected chi connectivity index (χ3v) is 3.49. The van der Waals surface area contributed by atoms with Crippen molar-refractivity contribution in [2.75, 3.05) is 19.6 Å². The average molecular weight is 227 g/mol. The number of nitrogens with zero attached hydrogens (tertiary/aromatic N) is 1. The molecule has 0 spiro atoms. The van der Waals surface area contributed by atoms with Crippen molar-refractivity contribution in [2.45, 2.75) is 45.7 Å². The highest BCUT2D eigenvalue weighted by Crippen LogP contribution is 2.21. The van der Waals surface area contributed by atoms with Gasteiger partial charge >= 0.3 is 0 Å². The Labute approximate surface area is 98.6 Å². The number of likely N-dealkylation sites (tertiary alicyclic amines) is 1. The maximum absolute atomic E-state index is 11.3. The summed E-state index contributed by atoms with van der Waals surface area (Å²) < 4.78 is 0. The van der Waals surface area contributed by atoms with Crippen LogP contribution in [0.1, 0.15) is 33.6 Å². The van der Waals surface area contributed by atoms with Gasteiger partial charge in [-0.3, -0.25) is 9.69 Å². The molecule has 1 amide bonds. The van der Waals surface area contributed by atoms with E-state index in [0.717, 1.165) is 25.6 Å². The minimum absolute atomic E-state index is 0.208. The van der Waals surface area contributed by atoms with E-state index in [1.165, 1.54) is 12.8 Å². The summed E-state index contributed by atoms with van der Waals surface area (Å²) in [6.45, 7) is 9.14. The molecule has 0 radical (unpaired) electrons. The van der Waals surface area contributed by atoms with Crippen molar-refractivity contribution in [1.29, 1.82) is 0 Å². The van der Waals surface area contributed by atoms with Gasteiger partial charge in [-0.1, -0.05) is 13.8 Å². The Kier molecular flexibility index (Phi) is 5.22. The first-order chi connectivity index (χ1) is 7.54. The summed E-state index contributed by atoms with van der Waals surface area (Å²) in [5.74, 6) is 0.560. The lowest BCUT2D eigenvalue weighted by Gasteiger charge is -2.38. The van der Waals surface area contributed by atoms with Gasteiger partial charge in [-0.25, -0.2) is 0 Å². The van der Waals surface area contributed by atoms with E-state index in [2.05, 4.69) is 24.1 Å². The molecule has 1 aliphatic heterocycles. The van der Waals surface area contributed by atoms with Crippen molar-refractivity contribution >= 4 is 5.91 Å². The van der Waals surface area contributed by atoms with E-state index < -0.39 is 0 Å². The van der Waals surface area contributed by atoms with Crippen molar-refractivity contribution in [2.24, 2.45) is 11.7 Å². The number of primary amides is 1. The molecular formula is C12H25N3O. The van der Waals surface area contributed by atoms with Crippen LogP contribution in [0, 0.1) is 5.92 Å². The van der Waals surface area contributed by atoms with Gasteiger partial charge in [-0.05, 0) is 38.8 Å². The number of hydrogen-bond donors (Lipinski definition) is 2. The summed E-state index contributed by atoms with van der Waals surface area (Å²) in [5.41, 5.74) is 5.38. The second-order valence-corrected chi connectivity index (χ2v) is 4.99. The minimum Gasteiger partial charge on any atom is -0.368 e. The number of likely N-dealkylation sites (N-methyl/N-ethyl adjacent to an activating group) is 1. The van der Waals surface area contributed by atoms with Gasteiger partial charge in [0.05, 0.1) is 6.04 Å². The monoisotopic (exact) mass is 227 g/mol. The number of amides is 1. The lowest BCUT2D eigenvalue weighted by molar-refractivity contribution is -0.120. The molecule has 0 saturated carbocycles. The van der Waals surface area contributed by atoms with Crippen molar-refractivity contribution < 1.29 is 4.79 Å². The van der Waals surface area contributed by atoms with E-state index in [-0.39, 0.29) is 11.9 Å². The molecule has 1 aliphatic rings. The normalized spacial score (nSPS) is 28.9. The molecular weight excluding hydrogens is 202 g/mol. The quantitative estimate of drug-likeness (QED) is 0.722. The van der Waals surface area contributed by atoms with Gasteiger partial charge in [0.25, 0.3) is 0 Å². The molecule has 4 nitrogen and oxygen atoms in total. The fraction of sp³-hybridized carbons (Fsp3) is 0.917. The van der Waals surface area contributed by atoms with E-state index >= 15 is 0 Å². The van der Waals surface area contributed by atoms with Crippen LogP contribution in [0.5, 0.6) is 0 Å². The van der Waals surface area contributed by atoms with E-state index in [4.69, 9.17) is 5.73 Å². The zero-order chi connectivity index (χ0) is 12.1. The topological polar surface area (TPSA) is 58.4 Å². The maximum atomic E-state index is 11.3. The van der Waals surface area contributed by atoms with E-state index in [9.17, 15) is 4.79 Å². The van der Waals surface area contributed by atoms with Crippen LogP contribution in [0.3, 0.4) is 0 Å².